The van der Waals surface area contributed by atoms with Gasteiger partial charge in [-0.3, -0.25) is 0 Å². The Morgan fingerprint density at radius 3 is 2.17 bits per heavy atom. The van der Waals surface area contributed by atoms with Gasteiger partial charge in [-0.05, 0) is 35.9 Å². The lowest BCUT2D eigenvalue weighted by Crippen LogP contribution is -1.96. The maximum Gasteiger partial charge on any atom is 0.146 e. The van der Waals surface area contributed by atoms with Crippen molar-refractivity contribution < 1.29 is 4.74 Å². The molecule has 0 heterocycles. The standard InChI is InChI=1S/C13H10BrCl2NO/c14-9-2-4-13(11(16)6-9)18-12-3-1-8(7-17)5-10(12)15/h1-6H,7,17H2. The van der Waals surface area contributed by atoms with E-state index in [9.17, 15) is 0 Å². The minimum atomic E-state index is 0.443. The Morgan fingerprint density at radius 1 is 1.00 bits per heavy atom. The third-order valence-corrected chi connectivity index (χ3v) is 3.43. The summed E-state index contributed by atoms with van der Waals surface area (Å²) in [5.41, 5.74) is 6.49. The van der Waals surface area contributed by atoms with E-state index in [1.807, 2.05) is 12.1 Å². The summed E-state index contributed by atoms with van der Waals surface area (Å²) in [5, 5.41) is 1.03. The number of nitrogens with two attached hydrogens (primary N) is 1. The summed E-state index contributed by atoms with van der Waals surface area (Å²) in [7, 11) is 0. The SMILES string of the molecule is NCc1ccc(Oc2ccc(Br)cc2Cl)c(Cl)c1. The predicted octanol–water partition coefficient (Wildman–Crippen LogP) is 5.01. The Hall–Kier alpha value is -0.740. The third-order valence-electron chi connectivity index (χ3n) is 2.35. The molecule has 0 atom stereocenters. The van der Waals surface area contributed by atoms with E-state index in [2.05, 4.69) is 15.9 Å². The van der Waals surface area contributed by atoms with Gasteiger partial charge < -0.3 is 10.5 Å². The van der Waals surface area contributed by atoms with Crippen LogP contribution in [0.2, 0.25) is 10.0 Å². The molecule has 5 heteroatoms. The highest BCUT2D eigenvalue weighted by Crippen LogP contribution is 2.35. The quantitative estimate of drug-likeness (QED) is 0.848. The van der Waals surface area contributed by atoms with Crippen molar-refractivity contribution in [2.75, 3.05) is 0 Å². The molecule has 0 saturated carbocycles. The minimum absolute atomic E-state index is 0.443. The first kappa shape index (κ1) is 13.7. The minimum Gasteiger partial charge on any atom is -0.454 e. The van der Waals surface area contributed by atoms with Crippen LogP contribution in [0.3, 0.4) is 0 Å². The van der Waals surface area contributed by atoms with Gasteiger partial charge in [0.05, 0.1) is 10.0 Å². The number of ether oxygens (including phenoxy) is 1. The van der Waals surface area contributed by atoms with Crippen LogP contribution in [0.4, 0.5) is 0 Å². The molecule has 0 aliphatic rings. The molecule has 0 aliphatic carbocycles. The first-order valence-electron chi connectivity index (χ1n) is 5.21. The molecule has 0 aliphatic heterocycles. The topological polar surface area (TPSA) is 35.2 Å². The van der Waals surface area contributed by atoms with Crippen molar-refractivity contribution in [3.8, 4) is 11.5 Å². The van der Waals surface area contributed by atoms with Gasteiger partial charge in [0.1, 0.15) is 11.5 Å². The Balaban J connectivity index is 2.28. The average Bonchev–Trinajstić information content (AvgIpc) is 2.34. The largest absolute Gasteiger partial charge is 0.454 e. The highest BCUT2D eigenvalue weighted by Gasteiger charge is 2.07. The van der Waals surface area contributed by atoms with Crippen molar-refractivity contribution in [3.05, 3.63) is 56.5 Å². The molecule has 0 saturated heterocycles. The van der Waals surface area contributed by atoms with Crippen LogP contribution in [-0.4, -0.2) is 0 Å². The molecule has 0 amide bonds. The maximum atomic E-state index is 6.11. The summed E-state index contributed by atoms with van der Waals surface area (Å²) in [4.78, 5) is 0. The van der Waals surface area contributed by atoms with Crippen molar-refractivity contribution in [3.63, 3.8) is 0 Å². The van der Waals surface area contributed by atoms with E-state index < -0.39 is 0 Å². The zero-order chi connectivity index (χ0) is 13.1. The van der Waals surface area contributed by atoms with E-state index in [-0.39, 0.29) is 0 Å². The zero-order valence-electron chi connectivity index (χ0n) is 9.29. The van der Waals surface area contributed by atoms with Crippen LogP contribution in [0.5, 0.6) is 11.5 Å². The highest BCUT2D eigenvalue weighted by molar-refractivity contribution is 9.10. The molecule has 0 aromatic heterocycles. The second kappa shape index (κ2) is 5.93. The Kier molecular flexibility index (Phi) is 4.51. The fourth-order valence-electron chi connectivity index (χ4n) is 1.43. The van der Waals surface area contributed by atoms with Gasteiger partial charge in [0, 0.05) is 11.0 Å². The molecule has 0 radical (unpaired) electrons. The monoisotopic (exact) mass is 345 g/mol. The maximum absolute atomic E-state index is 6.11. The average molecular weight is 347 g/mol. The number of halogens is 3. The van der Waals surface area contributed by atoms with E-state index in [4.69, 9.17) is 33.7 Å². The van der Waals surface area contributed by atoms with Crippen LogP contribution >= 0.6 is 39.1 Å². The lowest BCUT2D eigenvalue weighted by atomic mass is 10.2. The summed E-state index contributed by atoms with van der Waals surface area (Å²) in [6.45, 7) is 0.443. The molecule has 0 fully saturated rings. The molecule has 94 valence electrons. The first-order valence-corrected chi connectivity index (χ1v) is 6.76. The van der Waals surface area contributed by atoms with Crippen molar-refractivity contribution in [1.82, 2.24) is 0 Å². The zero-order valence-corrected chi connectivity index (χ0v) is 12.4. The fourth-order valence-corrected chi connectivity index (χ4v) is 2.38. The van der Waals surface area contributed by atoms with Gasteiger partial charge in [0.15, 0.2) is 0 Å². The lowest BCUT2D eigenvalue weighted by molar-refractivity contribution is 0.483. The third kappa shape index (κ3) is 3.18. The molecule has 2 aromatic carbocycles. The molecule has 18 heavy (non-hydrogen) atoms. The molecular weight excluding hydrogens is 337 g/mol. The number of hydrogen-bond acceptors (Lipinski definition) is 2. The number of rotatable bonds is 3. The molecule has 0 unspecified atom stereocenters. The van der Waals surface area contributed by atoms with Crippen LogP contribution < -0.4 is 10.5 Å². The van der Waals surface area contributed by atoms with Crippen LogP contribution in [0.25, 0.3) is 0 Å². The van der Waals surface area contributed by atoms with Gasteiger partial charge in [-0.25, -0.2) is 0 Å². The molecule has 2 N–H and O–H groups in total. The van der Waals surface area contributed by atoms with Crippen molar-refractivity contribution in [1.29, 1.82) is 0 Å². The lowest BCUT2D eigenvalue weighted by Gasteiger charge is -2.10. The van der Waals surface area contributed by atoms with Gasteiger partial charge in [-0.15, -0.1) is 0 Å². The predicted molar refractivity (Wildman–Crippen MR) is 78.6 cm³/mol. The summed E-state index contributed by atoms with van der Waals surface area (Å²) < 4.78 is 6.56. The summed E-state index contributed by atoms with van der Waals surface area (Å²) in [5.74, 6) is 1.11. The first-order chi connectivity index (χ1) is 8.60. The Labute approximate surface area is 124 Å². The van der Waals surface area contributed by atoms with E-state index in [1.54, 1.807) is 24.3 Å². The number of benzene rings is 2. The molecule has 0 bridgehead atoms. The second-order valence-electron chi connectivity index (χ2n) is 3.65. The number of hydrogen-bond donors (Lipinski definition) is 1. The van der Waals surface area contributed by atoms with E-state index in [0.717, 1.165) is 10.0 Å². The van der Waals surface area contributed by atoms with Crippen LogP contribution in [-0.2, 0) is 6.54 Å². The van der Waals surface area contributed by atoms with Gasteiger partial charge in [-0.1, -0.05) is 45.2 Å². The van der Waals surface area contributed by atoms with Crippen LogP contribution in [0.1, 0.15) is 5.56 Å². The fraction of sp³-hybridized carbons (Fsp3) is 0.0769. The van der Waals surface area contributed by atoms with Crippen LogP contribution in [0, 0.1) is 0 Å². The van der Waals surface area contributed by atoms with Gasteiger partial charge >= 0.3 is 0 Å². The Bertz CT molecular complexity index is 575. The molecular formula is C13H10BrCl2NO. The summed E-state index contributed by atoms with van der Waals surface area (Å²) >= 11 is 15.5. The molecule has 0 spiro atoms. The smallest absolute Gasteiger partial charge is 0.146 e. The van der Waals surface area contributed by atoms with Crippen LogP contribution in [0.15, 0.2) is 40.9 Å². The summed E-state index contributed by atoms with van der Waals surface area (Å²) in [6.07, 6.45) is 0. The second-order valence-corrected chi connectivity index (χ2v) is 5.38. The van der Waals surface area contributed by atoms with Gasteiger partial charge in [0.25, 0.3) is 0 Å². The van der Waals surface area contributed by atoms with Crippen molar-refractivity contribution in [2.24, 2.45) is 5.73 Å². The molecule has 2 nitrogen and oxygen atoms in total. The van der Waals surface area contributed by atoms with E-state index in [1.165, 1.54) is 0 Å². The van der Waals surface area contributed by atoms with Crippen molar-refractivity contribution >= 4 is 39.1 Å². The Morgan fingerprint density at radius 2 is 1.61 bits per heavy atom. The van der Waals surface area contributed by atoms with E-state index >= 15 is 0 Å². The molecule has 2 aromatic rings. The summed E-state index contributed by atoms with van der Waals surface area (Å²) in [6, 6.07) is 10.8. The van der Waals surface area contributed by atoms with Crippen molar-refractivity contribution in [2.45, 2.75) is 6.54 Å². The normalized spacial score (nSPS) is 10.4. The van der Waals surface area contributed by atoms with Gasteiger partial charge in [0.2, 0.25) is 0 Å². The van der Waals surface area contributed by atoms with Gasteiger partial charge in [-0.2, -0.15) is 0 Å². The van der Waals surface area contributed by atoms with E-state index in [0.29, 0.717) is 28.1 Å². The highest BCUT2D eigenvalue weighted by atomic mass is 79.9. The molecule has 2 rings (SSSR count).